The molecular formula is C11H16N2O2S. The molecule has 0 spiro atoms. The maximum Gasteiger partial charge on any atom is 0.310 e. The number of carbonyl (C=O) groups is 1. The third-order valence-corrected chi connectivity index (χ3v) is 3.78. The summed E-state index contributed by atoms with van der Waals surface area (Å²) < 4.78 is 5.47. The number of hydrogen-bond donors (Lipinski definition) is 1. The number of hydrogen-bond acceptors (Lipinski definition) is 5. The van der Waals surface area contributed by atoms with Gasteiger partial charge in [0.2, 0.25) is 0 Å². The lowest BCUT2D eigenvalue weighted by atomic mass is 9.87. The average molecular weight is 240 g/mol. The lowest BCUT2D eigenvalue weighted by molar-refractivity contribution is -0.151. The fourth-order valence-electron chi connectivity index (χ4n) is 2.04. The number of carbonyl (C=O) groups excluding carboxylic acids is 1. The second-order valence-corrected chi connectivity index (χ2v) is 5.67. The van der Waals surface area contributed by atoms with Crippen molar-refractivity contribution in [2.75, 3.05) is 5.73 Å². The van der Waals surface area contributed by atoms with Gasteiger partial charge in [-0.1, -0.05) is 13.8 Å². The lowest BCUT2D eigenvalue weighted by Gasteiger charge is -2.20. The van der Waals surface area contributed by atoms with E-state index in [9.17, 15) is 4.79 Å². The fourth-order valence-corrected chi connectivity index (χ4v) is 2.72. The Hall–Kier alpha value is -1.10. The molecule has 1 aliphatic heterocycles. The van der Waals surface area contributed by atoms with Crippen molar-refractivity contribution >= 4 is 22.4 Å². The minimum atomic E-state index is -0.597. The van der Waals surface area contributed by atoms with Crippen molar-refractivity contribution < 1.29 is 9.53 Å². The SMILES string of the molecule is CC(C)[C@H]1C[C@](C)(c2csc(N)n2)OC1=O. The van der Waals surface area contributed by atoms with E-state index in [-0.39, 0.29) is 11.9 Å². The summed E-state index contributed by atoms with van der Waals surface area (Å²) in [5, 5.41) is 2.38. The van der Waals surface area contributed by atoms with Crippen molar-refractivity contribution in [3.05, 3.63) is 11.1 Å². The number of cyclic esters (lactones) is 1. The van der Waals surface area contributed by atoms with Crippen molar-refractivity contribution in [1.82, 2.24) is 4.98 Å². The highest BCUT2D eigenvalue weighted by atomic mass is 32.1. The fraction of sp³-hybridized carbons (Fsp3) is 0.636. The van der Waals surface area contributed by atoms with Gasteiger partial charge >= 0.3 is 5.97 Å². The van der Waals surface area contributed by atoms with Gasteiger partial charge in [-0.2, -0.15) is 0 Å². The van der Waals surface area contributed by atoms with Crippen LogP contribution in [0, 0.1) is 11.8 Å². The van der Waals surface area contributed by atoms with Crippen molar-refractivity contribution in [3.63, 3.8) is 0 Å². The first kappa shape index (κ1) is 11.4. The van der Waals surface area contributed by atoms with Crippen molar-refractivity contribution in [3.8, 4) is 0 Å². The Morgan fingerprint density at radius 3 is 2.81 bits per heavy atom. The van der Waals surface area contributed by atoms with Crippen LogP contribution in [0.2, 0.25) is 0 Å². The number of rotatable bonds is 2. The van der Waals surface area contributed by atoms with E-state index in [4.69, 9.17) is 10.5 Å². The number of anilines is 1. The summed E-state index contributed by atoms with van der Waals surface area (Å²) in [6.45, 7) is 5.97. The summed E-state index contributed by atoms with van der Waals surface area (Å²) in [4.78, 5) is 15.9. The van der Waals surface area contributed by atoms with Crippen LogP contribution in [0.4, 0.5) is 5.13 Å². The lowest BCUT2D eigenvalue weighted by Crippen LogP contribution is -2.21. The van der Waals surface area contributed by atoms with Crippen LogP contribution in [0.15, 0.2) is 5.38 Å². The molecule has 0 unspecified atom stereocenters. The number of nitrogens with two attached hydrogens (primary N) is 1. The molecule has 2 atom stereocenters. The third kappa shape index (κ3) is 1.80. The van der Waals surface area contributed by atoms with E-state index in [0.29, 0.717) is 17.5 Å². The van der Waals surface area contributed by atoms with Crippen LogP contribution in [0.25, 0.3) is 0 Å². The standard InChI is InChI=1S/C11H16N2O2S/c1-6(2)7-4-11(3,15-9(7)14)8-5-16-10(12)13-8/h5-7H,4H2,1-3H3,(H2,12,13)/t7-,11-/m1/s1. The largest absolute Gasteiger partial charge is 0.453 e. The van der Waals surface area contributed by atoms with Crippen LogP contribution in [0.5, 0.6) is 0 Å². The second-order valence-electron chi connectivity index (χ2n) is 4.78. The second kappa shape index (κ2) is 3.73. The molecule has 16 heavy (non-hydrogen) atoms. The highest BCUT2D eigenvalue weighted by molar-refractivity contribution is 7.13. The molecule has 88 valence electrons. The van der Waals surface area contributed by atoms with Gasteiger partial charge in [0.25, 0.3) is 0 Å². The van der Waals surface area contributed by atoms with Gasteiger partial charge in [0.05, 0.1) is 11.6 Å². The Balaban J connectivity index is 2.26. The Kier molecular flexibility index (Phi) is 2.66. The number of nitrogen functional groups attached to an aromatic ring is 1. The number of thiazole rings is 1. The summed E-state index contributed by atoms with van der Waals surface area (Å²) >= 11 is 1.38. The van der Waals surface area contributed by atoms with E-state index in [1.54, 1.807) is 0 Å². The first-order chi connectivity index (χ1) is 7.42. The molecule has 0 aliphatic carbocycles. The molecule has 1 aromatic heterocycles. The predicted molar refractivity (Wildman–Crippen MR) is 62.9 cm³/mol. The van der Waals surface area contributed by atoms with Gasteiger partial charge in [0.15, 0.2) is 10.7 Å². The number of esters is 1. The normalized spacial score (nSPS) is 29.8. The van der Waals surface area contributed by atoms with Gasteiger partial charge < -0.3 is 10.5 Å². The molecule has 1 aliphatic rings. The van der Waals surface area contributed by atoms with E-state index in [1.165, 1.54) is 11.3 Å². The molecule has 0 aromatic carbocycles. The summed E-state index contributed by atoms with van der Waals surface area (Å²) in [6.07, 6.45) is 0.687. The van der Waals surface area contributed by atoms with Gasteiger partial charge in [-0.3, -0.25) is 4.79 Å². The molecule has 0 amide bonds. The van der Waals surface area contributed by atoms with Crippen molar-refractivity contribution in [2.24, 2.45) is 11.8 Å². The zero-order valence-corrected chi connectivity index (χ0v) is 10.5. The molecular weight excluding hydrogens is 224 g/mol. The predicted octanol–water partition coefficient (Wildman–Crippen LogP) is 2.16. The summed E-state index contributed by atoms with van der Waals surface area (Å²) in [5.74, 6) is 0.141. The van der Waals surface area contributed by atoms with Crippen LogP contribution >= 0.6 is 11.3 Å². The zero-order valence-electron chi connectivity index (χ0n) is 9.69. The minimum absolute atomic E-state index is 0.0343. The molecule has 2 rings (SSSR count). The Morgan fingerprint density at radius 1 is 1.69 bits per heavy atom. The Morgan fingerprint density at radius 2 is 2.38 bits per heavy atom. The minimum Gasteiger partial charge on any atom is -0.453 e. The zero-order chi connectivity index (χ0) is 11.9. The van der Waals surface area contributed by atoms with E-state index in [0.717, 1.165) is 5.69 Å². The van der Waals surface area contributed by atoms with Crippen molar-refractivity contribution in [1.29, 1.82) is 0 Å². The molecule has 1 saturated heterocycles. The van der Waals surface area contributed by atoms with E-state index in [2.05, 4.69) is 4.98 Å². The van der Waals surface area contributed by atoms with Gasteiger partial charge in [-0.05, 0) is 12.8 Å². The van der Waals surface area contributed by atoms with Gasteiger partial charge in [0, 0.05) is 11.8 Å². The smallest absolute Gasteiger partial charge is 0.310 e. The average Bonchev–Trinajstić information content (AvgIpc) is 2.71. The third-order valence-electron chi connectivity index (χ3n) is 3.11. The molecule has 1 aromatic rings. The van der Waals surface area contributed by atoms with E-state index in [1.807, 2.05) is 26.2 Å². The van der Waals surface area contributed by atoms with Crippen LogP contribution in [0.3, 0.4) is 0 Å². The van der Waals surface area contributed by atoms with Crippen LogP contribution < -0.4 is 5.73 Å². The molecule has 1 fully saturated rings. The molecule has 2 N–H and O–H groups in total. The molecule has 0 bridgehead atoms. The number of ether oxygens (including phenoxy) is 1. The van der Waals surface area contributed by atoms with Crippen LogP contribution in [0.1, 0.15) is 32.9 Å². The van der Waals surface area contributed by atoms with Gasteiger partial charge in [-0.15, -0.1) is 11.3 Å². The highest BCUT2D eigenvalue weighted by Gasteiger charge is 2.46. The van der Waals surface area contributed by atoms with E-state index >= 15 is 0 Å². The molecule has 4 nitrogen and oxygen atoms in total. The maximum absolute atomic E-state index is 11.7. The molecule has 0 radical (unpaired) electrons. The van der Waals surface area contributed by atoms with Crippen LogP contribution in [-0.4, -0.2) is 11.0 Å². The summed E-state index contributed by atoms with van der Waals surface area (Å²) in [6, 6.07) is 0. The summed E-state index contributed by atoms with van der Waals surface area (Å²) in [5.41, 5.74) is 5.77. The first-order valence-corrected chi connectivity index (χ1v) is 6.24. The Bertz CT molecular complexity index is 416. The Labute approximate surface area is 98.8 Å². The highest BCUT2D eigenvalue weighted by Crippen LogP contribution is 2.42. The monoisotopic (exact) mass is 240 g/mol. The summed E-state index contributed by atoms with van der Waals surface area (Å²) in [7, 11) is 0. The van der Waals surface area contributed by atoms with Crippen LogP contribution in [-0.2, 0) is 15.1 Å². The van der Waals surface area contributed by atoms with Gasteiger partial charge in [-0.25, -0.2) is 4.98 Å². The molecule has 5 heteroatoms. The number of aromatic nitrogens is 1. The topological polar surface area (TPSA) is 65.2 Å². The maximum atomic E-state index is 11.7. The quantitative estimate of drug-likeness (QED) is 0.804. The van der Waals surface area contributed by atoms with E-state index < -0.39 is 5.60 Å². The molecule has 0 saturated carbocycles. The first-order valence-electron chi connectivity index (χ1n) is 5.37. The van der Waals surface area contributed by atoms with Gasteiger partial charge in [0.1, 0.15) is 0 Å². The van der Waals surface area contributed by atoms with Crippen molar-refractivity contribution in [2.45, 2.75) is 32.8 Å². The molecule has 2 heterocycles. The number of nitrogens with zero attached hydrogens (tertiary/aromatic N) is 1.